The van der Waals surface area contributed by atoms with E-state index >= 15 is 0 Å². The van der Waals surface area contributed by atoms with Gasteiger partial charge < -0.3 is 10.1 Å². The zero-order valence-electron chi connectivity index (χ0n) is 12.0. The van der Waals surface area contributed by atoms with E-state index in [9.17, 15) is 9.59 Å². The molecule has 1 N–H and O–H groups in total. The van der Waals surface area contributed by atoms with Gasteiger partial charge in [0.25, 0.3) is 5.91 Å². The molecular formula is C16H15ClN2O3. The summed E-state index contributed by atoms with van der Waals surface area (Å²) >= 11 is 5.76. The van der Waals surface area contributed by atoms with Gasteiger partial charge in [0.05, 0.1) is 0 Å². The second-order valence-corrected chi connectivity index (χ2v) is 4.97. The molecule has 0 bridgehead atoms. The second-order valence-electron chi connectivity index (χ2n) is 4.53. The zero-order valence-corrected chi connectivity index (χ0v) is 12.8. The van der Waals surface area contributed by atoms with Crippen molar-refractivity contribution in [3.8, 4) is 0 Å². The largest absolute Gasteiger partial charge is 0.451 e. The van der Waals surface area contributed by atoms with E-state index in [2.05, 4.69) is 17.2 Å². The van der Waals surface area contributed by atoms with Crippen LogP contribution in [0, 0.1) is 0 Å². The third-order valence-corrected chi connectivity index (χ3v) is 3.15. The van der Waals surface area contributed by atoms with Crippen LogP contribution in [0.25, 0.3) is 0 Å². The fourth-order valence-corrected chi connectivity index (χ4v) is 1.90. The van der Waals surface area contributed by atoms with Gasteiger partial charge in [0, 0.05) is 16.9 Å². The van der Waals surface area contributed by atoms with Crippen molar-refractivity contribution in [2.45, 2.75) is 13.3 Å². The molecule has 1 heterocycles. The van der Waals surface area contributed by atoms with Gasteiger partial charge in [-0.2, -0.15) is 0 Å². The number of nitrogens with one attached hydrogen (secondary N) is 1. The molecule has 0 atom stereocenters. The number of hydrogen-bond acceptors (Lipinski definition) is 4. The summed E-state index contributed by atoms with van der Waals surface area (Å²) in [5.41, 5.74) is 1.89. The van der Waals surface area contributed by atoms with Crippen molar-refractivity contribution >= 4 is 29.2 Å². The van der Waals surface area contributed by atoms with Crippen LogP contribution in [0.5, 0.6) is 0 Å². The van der Waals surface area contributed by atoms with E-state index in [1.54, 1.807) is 18.2 Å². The first-order chi connectivity index (χ1) is 10.6. The Morgan fingerprint density at radius 2 is 1.95 bits per heavy atom. The number of pyridine rings is 1. The quantitative estimate of drug-likeness (QED) is 0.860. The average Bonchev–Trinajstić information content (AvgIpc) is 2.53. The molecule has 0 aliphatic carbocycles. The summed E-state index contributed by atoms with van der Waals surface area (Å²) in [7, 11) is 0. The summed E-state index contributed by atoms with van der Waals surface area (Å²) in [6.07, 6.45) is 2.33. The Labute approximate surface area is 133 Å². The number of aromatic nitrogens is 1. The molecule has 1 aromatic heterocycles. The minimum atomic E-state index is -0.695. The summed E-state index contributed by atoms with van der Waals surface area (Å²) in [5.74, 6) is -1.11. The summed E-state index contributed by atoms with van der Waals surface area (Å²) in [4.78, 5) is 27.3. The number of ether oxygens (including phenoxy) is 1. The number of rotatable bonds is 5. The molecule has 0 unspecified atom stereocenters. The van der Waals surface area contributed by atoms with Crippen molar-refractivity contribution in [2.75, 3.05) is 11.9 Å². The van der Waals surface area contributed by atoms with Crippen LogP contribution in [0.3, 0.4) is 0 Å². The number of carbonyl (C=O) groups excluding carboxylic acids is 2. The maximum Gasteiger partial charge on any atom is 0.357 e. The molecule has 22 heavy (non-hydrogen) atoms. The Kier molecular flexibility index (Phi) is 5.49. The van der Waals surface area contributed by atoms with Crippen LogP contribution in [0.15, 0.2) is 42.6 Å². The highest BCUT2D eigenvalue weighted by atomic mass is 35.5. The molecular weight excluding hydrogens is 304 g/mol. The summed E-state index contributed by atoms with van der Waals surface area (Å²) in [5, 5.41) is 3.03. The van der Waals surface area contributed by atoms with Crippen LogP contribution in [0.1, 0.15) is 23.0 Å². The number of benzene rings is 1. The number of hydrogen-bond donors (Lipinski definition) is 1. The Bertz CT molecular complexity index is 671. The highest BCUT2D eigenvalue weighted by Gasteiger charge is 2.12. The van der Waals surface area contributed by atoms with Crippen LogP contribution >= 0.6 is 11.6 Å². The van der Waals surface area contributed by atoms with Crippen molar-refractivity contribution < 1.29 is 14.3 Å². The van der Waals surface area contributed by atoms with E-state index in [0.717, 1.165) is 6.42 Å². The third kappa shape index (κ3) is 4.56. The van der Waals surface area contributed by atoms with Gasteiger partial charge in [-0.05, 0) is 36.2 Å². The number of aryl methyl sites for hydroxylation is 1. The zero-order chi connectivity index (χ0) is 15.9. The van der Waals surface area contributed by atoms with E-state index in [1.165, 1.54) is 17.8 Å². The first-order valence-electron chi connectivity index (χ1n) is 6.76. The number of amides is 1. The molecule has 1 aromatic carbocycles. The monoisotopic (exact) mass is 318 g/mol. The van der Waals surface area contributed by atoms with E-state index < -0.39 is 11.9 Å². The predicted octanol–water partition coefficient (Wildman–Crippen LogP) is 3.09. The smallest absolute Gasteiger partial charge is 0.357 e. The molecule has 0 aliphatic heterocycles. The van der Waals surface area contributed by atoms with Crippen LogP contribution in [-0.2, 0) is 16.0 Å². The summed E-state index contributed by atoms with van der Waals surface area (Å²) in [6, 6.07) is 10.4. The van der Waals surface area contributed by atoms with Gasteiger partial charge in [0.15, 0.2) is 6.61 Å². The number of halogens is 1. The third-order valence-electron chi connectivity index (χ3n) is 2.91. The predicted molar refractivity (Wildman–Crippen MR) is 84.0 cm³/mol. The number of carbonyl (C=O) groups is 2. The SMILES string of the molecule is CCc1ccc(NC(=O)COC(=O)c2cc(Cl)ccn2)cc1. The Balaban J connectivity index is 1.85. The van der Waals surface area contributed by atoms with Crippen LogP contribution in [0.2, 0.25) is 5.02 Å². The topological polar surface area (TPSA) is 68.3 Å². The van der Waals surface area contributed by atoms with Gasteiger partial charge in [-0.1, -0.05) is 30.7 Å². The lowest BCUT2D eigenvalue weighted by molar-refractivity contribution is -0.119. The van der Waals surface area contributed by atoms with Crippen molar-refractivity contribution in [1.29, 1.82) is 0 Å². The molecule has 0 aliphatic rings. The molecule has 1 amide bonds. The average molecular weight is 319 g/mol. The minimum Gasteiger partial charge on any atom is -0.451 e. The fourth-order valence-electron chi connectivity index (χ4n) is 1.74. The molecule has 6 heteroatoms. The first-order valence-corrected chi connectivity index (χ1v) is 7.13. The van der Waals surface area contributed by atoms with Crippen LogP contribution in [0.4, 0.5) is 5.69 Å². The summed E-state index contributed by atoms with van der Waals surface area (Å²) < 4.78 is 4.89. The molecule has 2 rings (SSSR count). The van der Waals surface area contributed by atoms with Crippen LogP contribution in [-0.4, -0.2) is 23.5 Å². The highest BCUT2D eigenvalue weighted by Crippen LogP contribution is 2.11. The van der Waals surface area contributed by atoms with Crippen molar-refractivity contribution in [2.24, 2.45) is 0 Å². The van der Waals surface area contributed by atoms with Gasteiger partial charge in [-0.25, -0.2) is 9.78 Å². The number of anilines is 1. The van der Waals surface area contributed by atoms with Gasteiger partial charge in [-0.15, -0.1) is 0 Å². The van der Waals surface area contributed by atoms with Gasteiger partial charge >= 0.3 is 5.97 Å². The first kappa shape index (κ1) is 16.0. The van der Waals surface area contributed by atoms with E-state index in [-0.39, 0.29) is 12.3 Å². The maximum absolute atomic E-state index is 11.7. The normalized spacial score (nSPS) is 10.1. The van der Waals surface area contributed by atoms with E-state index in [4.69, 9.17) is 16.3 Å². The highest BCUT2D eigenvalue weighted by molar-refractivity contribution is 6.30. The molecule has 0 saturated heterocycles. The lowest BCUT2D eigenvalue weighted by atomic mass is 10.1. The molecule has 0 spiro atoms. The molecule has 114 valence electrons. The van der Waals surface area contributed by atoms with Crippen molar-refractivity contribution in [3.63, 3.8) is 0 Å². The molecule has 0 fully saturated rings. The Morgan fingerprint density at radius 3 is 2.59 bits per heavy atom. The standard InChI is InChI=1S/C16H15ClN2O3/c1-2-11-3-5-13(6-4-11)19-15(20)10-22-16(21)14-9-12(17)7-8-18-14/h3-9H,2,10H2,1H3,(H,19,20). The number of esters is 1. The lowest BCUT2D eigenvalue weighted by Gasteiger charge is -2.07. The van der Waals surface area contributed by atoms with E-state index in [0.29, 0.717) is 10.7 Å². The van der Waals surface area contributed by atoms with E-state index in [1.807, 2.05) is 12.1 Å². The molecule has 5 nitrogen and oxygen atoms in total. The van der Waals surface area contributed by atoms with Crippen LogP contribution < -0.4 is 5.32 Å². The molecule has 2 aromatic rings. The Morgan fingerprint density at radius 1 is 1.23 bits per heavy atom. The number of nitrogens with zero attached hydrogens (tertiary/aromatic N) is 1. The van der Waals surface area contributed by atoms with Gasteiger partial charge in [0.2, 0.25) is 0 Å². The lowest BCUT2D eigenvalue weighted by Crippen LogP contribution is -2.21. The summed E-state index contributed by atoms with van der Waals surface area (Å²) in [6.45, 7) is 1.67. The van der Waals surface area contributed by atoms with Crippen molar-refractivity contribution in [3.05, 3.63) is 58.9 Å². The minimum absolute atomic E-state index is 0.0626. The van der Waals surface area contributed by atoms with Gasteiger partial charge in [-0.3, -0.25) is 4.79 Å². The Hall–Kier alpha value is -2.40. The fraction of sp³-hybridized carbons (Fsp3) is 0.188. The second kappa shape index (κ2) is 7.56. The maximum atomic E-state index is 11.7. The molecule has 0 radical (unpaired) electrons. The van der Waals surface area contributed by atoms with Gasteiger partial charge in [0.1, 0.15) is 5.69 Å². The van der Waals surface area contributed by atoms with Crippen molar-refractivity contribution in [1.82, 2.24) is 4.98 Å². The molecule has 0 saturated carbocycles.